The lowest BCUT2D eigenvalue weighted by Gasteiger charge is -2.17. The lowest BCUT2D eigenvalue weighted by Crippen LogP contribution is -2.27. The first-order chi connectivity index (χ1) is 13.2. The van der Waals surface area contributed by atoms with Crippen LogP contribution in [0.2, 0.25) is 0 Å². The molecule has 0 N–H and O–H groups in total. The first kappa shape index (κ1) is 22.0. The van der Waals surface area contributed by atoms with Crippen molar-refractivity contribution in [1.82, 2.24) is 4.57 Å². The second-order valence-electron chi connectivity index (χ2n) is 8.58. The third-order valence-corrected chi connectivity index (χ3v) is 4.83. The number of hydrogen-bond donors (Lipinski definition) is 0. The Labute approximate surface area is 171 Å². The molecule has 0 aliphatic rings. The highest BCUT2D eigenvalue weighted by Crippen LogP contribution is 2.20. The van der Waals surface area contributed by atoms with E-state index in [2.05, 4.69) is 88.6 Å². The van der Waals surface area contributed by atoms with Crippen LogP contribution < -0.4 is 4.57 Å². The summed E-state index contributed by atoms with van der Waals surface area (Å²) in [5.74, 6) is 0. The highest BCUT2D eigenvalue weighted by Gasteiger charge is 2.12. The van der Waals surface area contributed by atoms with E-state index < -0.39 is 0 Å². The molecule has 28 heavy (non-hydrogen) atoms. The van der Waals surface area contributed by atoms with Gasteiger partial charge in [-0.3, -0.25) is 4.57 Å². The molecule has 0 amide bonds. The SMILES string of the molecule is CC(C)(C)Cc1ccccc1.Cc1cc(C)c(-n2cc[n+](CP=O)c2)c(C)c1. The van der Waals surface area contributed by atoms with Crippen molar-refractivity contribution in [3.05, 3.63) is 83.4 Å². The van der Waals surface area contributed by atoms with Crippen LogP contribution in [-0.4, -0.2) is 4.57 Å². The van der Waals surface area contributed by atoms with Crippen molar-refractivity contribution >= 4 is 8.46 Å². The molecule has 148 valence electrons. The number of nitrogens with zero attached hydrogens (tertiary/aromatic N) is 2. The van der Waals surface area contributed by atoms with Crippen molar-refractivity contribution in [1.29, 1.82) is 0 Å². The van der Waals surface area contributed by atoms with Crippen LogP contribution in [0.3, 0.4) is 0 Å². The van der Waals surface area contributed by atoms with E-state index in [4.69, 9.17) is 0 Å². The molecule has 0 spiro atoms. The van der Waals surface area contributed by atoms with E-state index in [0.717, 1.165) is 6.42 Å². The van der Waals surface area contributed by atoms with E-state index in [-0.39, 0.29) is 8.46 Å². The maximum Gasteiger partial charge on any atom is 0.249 e. The molecule has 3 aromatic rings. The fourth-order valence-corrected chi connectivity index (χ4v) is 3.77. The summed E-state index contributed by atoms with van der Waals surface area (Å²) < 4.78 is 14.6. The maximum atomic E-state index is 10.6. The molecule has 0 unspecified atom stereocenters. The Hall–Kier alpha value is -2.25. The highest BCUT2D eigenvalue weighted by molar-refractivity contribution is 7.22. The molecular formula is C24H32N2OP+. The number of benzene rings is 2. The predicted molar refractivity (Wildman–Crippen MR) is 117 cm³/mol. The summed E-state index contributed by atoms with van der Waals surface area (Å²) in [6.07, 6.45) is 7.56. The molecule has 0 aliphatic heterocycles. The molecule has 3 rings (SSSR count). The van der Waals surface area contributed by atoms with Crippen molar-refractivity contribution < 1.29 is 9.13 Å². The molecule has 1 heterocycles. The van der Waals surface area contributed by atoms with E-state index in [9.17, 15) is 4.57 Å². The van der Waals surface area contributed by atoms with Gasteiger partial charge in [0.05, 0.1) is 0 Å². The smallest absolute Gasteiger partial charge is 0.249 e. The van der Waals surface area contributed by atoms with Crippen LogP contribution >= 0.6 is 8.46 Å². The van der Waals surface area contributed by atoms with E-state index in [1.807, 2.05) is 23.3 Å². The normalized spacial score (nSPS) is 11.2. The third kappa shape index (κ3) is 6.73. The number of rotatable bonds is 4. The minimum absolute atomic E-state index is 0.136. The van der Waals surface area contributed by atoms with Gasteiger partial charge in [-0.05, 0) is 49.3 Å². The minimum Gasteiger partial charge on any atom is -0.271 e. The van der Waals surface area contributed by atoms with Crippen molar-refractivity contribution in [2.24, 2.45) is 5.41 Å². The average Bonchev–Trinajstić information content (AvgIpc) is 3.02. The summed E-state index contributed by atoms with van der Waals surface area (Å²) in [5, 5.41) is 0. The molecule has 1 aromatic heterocycles. The summed E-state index contributed by atoms with van der Waals surface area (Å²) in [5.41, 5.74) is 6.83. The number of imidazole rings is 1. The first-order valence-corrected chi connectivity index (χ1v) is 10.7. The Morgan fingerprint density at radius 2 is 1.61 bits per heavy atom. The number of hydrogen-bond acceptors (Lipinski definition) is 1. The molecule has 3 nitrogen and oxygen atoms in total. The van der Waals surface area contributed by atoms with Crippen LogP contribution in [0.5, 0.6) is 0 Å². The fourth-order valence-electron chi connectivity index (χ4n) is 3.46. The monoisotopic (exact) mass is 395 g/mol. The van der Waals surface area contributed by atoms with Gasteiger partial charge in [-0.1, -0.05) is 68.8 Å². The topological polar surface area (TPSA) is 25.9 Å². The van der Waals surface area contributed by atoms with Crippen molar-refractivity contribution in [2.75, 3.05) is 0 Å². The summed E-state index contributed by atoms with van der Waals surface area (Å²) in [4.78, 5) is 0. The van der Waals surface area contributed by atoms with Crippen molar-refractivity contribution in [3.8, 4) is 5.69 Å². The predicted octanol–water partition coefficient (Wildman–Crippen LogP) is 6.21. The van der Waals surface area contributed by atoms with E-state index in [1.54, 1.807) is 0 Å². The van der Waals surface area contributed by atoms with Crippen molar-refractivity contribution in [2.45, 2.75) is 54.2 Å². The molecule has 0 bridgehead atoms. The summed E-state index contributed by atoms with van der Waals surface area (Å²) >= 11 is 0. The Bertz CT molecular complexity index is 885. The van der Waals surface area contributed by atoms with Crippen LogP contribution in [0.1, 0.15) is 43.0 Å². The minimum atomic E-state index is 0.136. The van der Waals surface area contributed by atoms with Gasteiger partial charge in [-0.2, -0.15) is 0 Å². The van der Waals surface area contributed by atoms with Gasteiger partial charge in [-0.15, -0.1) is 0 Å². The molecule has 4 heteroatoms. The van der Waals surface area contributed by atoms with Gasteiger partial charge in [-0.25, -0.2) is 9.13 Å². The van der Waals surface area contributed by atoms with Gasteiger partial charge in [0.15, 0.2) is 6.29 Å². The van der Waals surface area contributed by atoms with E-state index in [0.29, 0.717) is 11.7 Å². The highest BCUT2D eigenvalue weighted by atomic mass is 31.1. The Morgan fingerprint density at radius 3 is 2.14 bits per heavy atom. The second kappa shape index (κ2) is 9.80. The molecule has 0 radical (unpaired) electrons. The first-order valence-electron chi connectivity index (χ1n) is 9.68. The van der Waals surface area contributed by atoms with Gasteiger partial charge in [0, 0.05) is 0 Å². The van der Waals surface area contributed by atoms with Gasteiger partial charge in [0.2, 0.25) is 14.8 Å². The average molecular weight is 396 g/mol. The van der Waals surface area contributed by atoms with Gasteiger partial charge >= 0.3 is 0 Å². The molecular weight excluding hydrogens is 363 g/mol. The zero-order valence-corrected chi connectivity index (χ0v) is 18.8. The molecule has 0 saturated heterocycles. The summed E-state index contributed by atoms with van der Waals surface area (Å²) in [6, 6.07) is 15.0. The van der Waals surface area contributed by atoms with Gasteiger partial charge < -0.3 is 0 Å². The second-order valence-corrected chi connectivity index (χ2v) is 9.12. The van der Waals surface area contributed by atoms with Crippen LogP contribution in [0.15, 0.2) is 61.2 Å². The van der Waals surface area contributed by atoms with Crippen LogP contribution in [0.25, 0.3) is 5.69 Å². The Balaban J connectivity index is 0.000000221. The van der Waals surface area contributed by atoms with Crippen LogP contribution in [0.4, 0.5) is 0 Å². The molecule has 0 aliphatic carbocycles. The molecule has 0 fully saturated rings. The third-order valence-electron chi connectivity index (χ3n) is 4.38. The van der Waals surface area contributed by atoms with Crippen LogP contribution in [-0.2, 0) is 17.3 Å². The fraction of sp³-hybridized carbons (Fsp3) is 0.375. The standard InChI is InChI=1S/C13H16N2OP.C11H16/c1-10-6-11(2)13(12(3)7-10)15-5-4-14(8-15)9-17-16;1-11(2,3)9-10-7-5-4-6-8-10/h4-8H,9H2,1-3H3;4-8H,9H2,1-3H3/q+1;. The van der Waals surface area contributed by atoms with E-state index in [1.165, 1.54) is 27.9 Å². The number of aromatic nitrogens is 2. The number of aryl methyl sites for hydroxylation is 3. The zero-order valence-electron chi connectivity index (χ0n) is 17.9. The summed E-state index contributed by atoms with van der Waals surface area (Å²) in [7, 11) is 0.136. The zero-order chi connectivity index (χ0) is 20.7. The molecule has 0 atom stereocenters. The van der Waals surface area contributed by atoms with Crippen molar-refractivity contribution in [3.63, 3.8) is 0 Å². The largest absolute Gasteiger partial charge is 0.271 e. The Kier molecular flexibility index (Phi) is 7.71. The quantitative estimate of drug-likeness (QED) is 0.381. The van der Waals surface area contributed by atoms with Crippen LogP contribution in [0, 0.1) is 26.2 Å². The molecule has 0 saturated carbocycles. The maximum absolute atomic E-state index is 10.6. The summed E-state index contributed by atoms with van der Waals surface area (Å²) in [6.45, 7) is 13.1. The van der Waals surface area contributed by atoms with E-state index >= 15 is 0 Å². The Morgan fingerprint density at radius 1 is 1.00 bits per heavy atom. The van der Waals surface area contributed by atoms with Gasteiger partial charge in [0.1, 0.15) is 18.1 Å². The lowest BCUT2D eigenvalue weighted by molar-refractivity contribution is -0.676. The molecule has 2 aromatic carbocycles. The van der Waals surface area contributed by atoms with Gasteiger partial charge in [0.25, 0.3) is 0 Å². The lowest BCUT2D eigenvalue weighted by atomic mass is 9.88.